The van der Waals surface area contributed by atoms with Crippen LogP contribution in [0.25, 0.3) is 0 Å². The summed E-state index contributed by atoms with van der Waals surface area (Å²) >= 11 is 19.3. The number of benzene rings is 3. The molecule has 1 aliphatic rings. The Balaban J connectivity index is 1.73. The molecular formula is C30H32Cl3N3O4S. The zero-order chi connectivity index (χ0) is 29.7. The molecule has 0 unspecified atom stereocenters. The van der Waals surface area contributed by atoms with Gasteiger partial charge in [0.1, 0.15) is 12.6 Å². The zero-order valence-electron chi connectivity index (χ0n) is 22.8. The van der Waals surface area contributed by atoms with Crippen molar-refractivity contribution in [3.05, 3.63) is 92.9 Å². The summed E-state index contributed by atoms with van der Waals surface area (Å²) < 4.78 is 28.8. The average molecular weight is 637 g/mol. The minimum Gasteiger partial charge on any atom is -0.352 e. The van der Waals surface area contributed by atoms with Crippen molar-refractivity contribution in [2.24, 2.45) is 0 Å². The summed E-state index contributed by atoms with van der Waals surface area (Å²) in [6, 6.07) is 16.7. The molecule has 0 heterocycles. The highest BCUT2D eigenvalue weighted by atomic mass is 35.5. The van der Waals surface area contributed by atoms with Gasteiger partial charge in [-0.1, -0.05) is 78.0 Å². The van der Waals surface area contributed by atoms with Gasteiger partial charge in [-0.15, -0.1) is 0 Å². The third-order valence-corrected chi connectivity index (χ3v) is 10.2. The first-order valence-corrected chi connectivity index (χ1v) is 15.9. The third-order valence-electron chi connectivity index (χ3n) is 7.31. The first-order chi connectivity index (χ1) is 19.5. The van der Waals surface area contributed by atoms with Gasteiger partial charge < -0.3 is 10.2 Å². The predicted octanol–water partition coefficient (Wildman–Crippen LogP) is 6.63. The second-order valence-electron chi connectivity index (χ2n) is 10.1. The Morgan fingerprint density at radius 2 is 1.56 bits per heavy atom. The van der Waals surface area contributed by atoms with Crippen LogP contribution in [0.2, 0.25) is 15.1 Å². The van der Waals surface area contributed by atoms with Gasteiger partial charge in [0, 0.05) is 33.2 Å². The predicted molar refractivity (Wildman–Crippen MR) is 164 cm³/mol. The van der Waals surface area contributed by atoms with Crippen molar-refractivity contribution < 1.29 is 18.0 Å². The highest BCUT2D eigenvalue weighted by molar-refractivity contribution is 7.92. The molecule has 1 aliphatic carbocycles. The van der Waals surface area contributed by atoms with Gasteiger partial charge in [0.15, 0.2) is 0 Å². The molecule has 0 aliphatic heterocycles. The van der Waals surface area contributed by atoms with E-state index in [2.05, 4.69) is 5.32 Å². The van der Waals surface area contributed by atoms with Crippen LogP contribution in [0.5, 0.6) is 0 Å². The van der Waals surface area contributed by atoms with Crippen LogP contribution in [0, 0.1) is 6.92 Å². The van der Waals surface area contributed by atoms with E-state index >= 15 is 0 Å². The molecule has 1 saturated carbocycles. The van der Waals surface area contributed by atoms with Crippen LogP contribution in [0.15, 0.2) is 71.6 Å². The average Bonchev–Trinajstić information content (AvgIpc) is 3.46. The molecule has 1 atom stereocenters. The maximum atomic E-state index is 14.1. The lowest BCUT2D eigenvalue weighted by molar-refractivity contribution is -0.139. The summed E-state index contributed by atoms with van der Waals surface area (Å²) in [6.07, 6.45) is 3.81. The number of anilines is 1. The largest absolute Gasteiger partial charge is 0.352 e. The summed E-state index contributed by atoms with van der Waals surface area (Å²) in [5, 5.41) is 4.05. The van der Waals surface area contributed by atoms with E-state index in [9.17, 15) is 18.0 Å². The van der Waals surface area contributed by atoms with Crippen LogP contribution in [0.4, 0.5) is 5.69 Å². The number of rotatable bonds is 10. The van der Waals surface area contributed by atoms with Crippen molar-refractivity contribution in [2.75, 3.05) is 10.8 Å². The molecule has 0 bridgehead atoms. The standard InChI is InChI=1S/C30H32Cl3N3O4S/c1-20-15-16-23(17-28(20)33)36(41(39,40)24-11-4-3-5-12-24)19-29(37)35(18-25-26(31)13-8-14-27(25)32)21(2)30(38)34-22-9-6-7-10-22/h3-5,8,11-17,21-22H,6-7,9-10,18-19H2,1-2H3,(H,34,38)/t21-/m0/s1. The van der Waals surface area contributed by atoms with Gasteiger partial charge >= 0.3 is 0 Å². The summed E-state index contributed by atoms with van der Waals surface area (Å²) in [5.41, 5.74) is 1.43. The number of aryl methyl sites for hydroxylation is 1. The second kappa shape index (κ2) is 13.5. The van der Waals surface area contributed by atoms with E-state index in [4.69, 9.17) is 34.8 Å². The summed E-state index contributed by atoms with van der Waals surface area (Å²) in [6.45, 7) is 2.74. The topological polar surface area (TPSA) is 86.8 Å². The van der Waals surface area contributed by atoms with Gasteiger partial charge in [0.2, 0.25) is 11.8 Å². The fraction of sp³-hybridized carbons (Fsp3) is 0.333. The second-order valence-corrected chi connectivity index (χ2v) is 13.2. The Labute approximate surface area is 256 Å². The minimum atomic E-state index is -4.19. The van der Waals surface area contributed by atoms with Gasteiger partial charge in [-0.25, -0.2) is 8.42 Å². The van der Waals surface area contributed by atoms with E-state index in [0.29, 0.717) is 20.6 Å². The number of nitrogens with one attached hydrogen (secondary N) is 1. The maximum Gasteiger partial charge on any atom is 0.264 e. The number of carbonyl (C=O) groups is 2. The number of hydrogen-bond acceptors (Lipinski definition) is 4. The smallest absolute Gasteiger partial charge is 0.264 e. The molecule has 0 spiro atoms. The van der Waals surface area contributed by atoms with Crippen LogP contribution in [-0.4, -0.2) is 43.8 Å². The third kappa shape index (κ3) is 7.36. The molecule has 2 amide bonds. The molecule has 0 radical (unpaired) electrons. The number of hydrogen-bond donors (Lipinski definition) is 1. The lowest BCUT2D eigenvalue weighted by atomic mass is 10.1. The van der Waals surface area contributed by atoms with Crippen molar-refractivity contribution in [3.63, 3.8) is 0 Å². The van der Waals surface area contributed by atoms with Gasteiger partial charge in [-0.3, -0.25) is 13.9 Å². The molecule has 1 fully saturated rings. The maximum absolute atomic E-state index is 14.1. The Morgan fingerprint density at radius 1 is 0.927 bits per heavy atom. The summed E-state index contributed by atoms with van der Waals surface area (Å²) in [5.74, 6) is -0.935. The van der Waals surface area contributed by atoms with E-state index in [1.54, 1.807) is 62.4 Å². The number of halogens is 3. The van der Waals surface area contributed by atoms with Gasteiger partial charge in [-0.2, -0.15) is 0 Å². The first kappa shape index (κ1) is 31.2. The fourth-order valence-corrected chi connectivity index (χ4v) is 6.93. The van der Waals surface area contributed by atoms with Crippen LogP contribution >= 0.6 is 34.8 Å². The minimum absolute atomic E-state index is 0.0113. The van der Waals surface area contributed by atoms with Crippen molar-refractivity contribution in [1.82, 2.24) is 10.2 Å². The normalized spacial score (nSPS) is 14.5. The lowest BCUT2D eigenvalue weighted by Crippen LogP contribution is -2.52. The van der Waals surface area contributed by atoms with Crippen LogP contribution in [0.3, 0.4) is 0 Å². The van der Waals surface area contributed by atoms with E-state index in [-0.39, 0.29) is 29.1 Å². The van der Waals surface area contributed by atoms with Crippen LogP contribution < -0.4 is 9.62 Å². The van der Waals surface area contributed by atoms with Crippen molar-refractivity contribution >= 4 is 62.3 Å². The summed E-state index contributed by atoms with van der Waals surface area (Å²) in [7, 11) is -4.19. The molecule has 218 valence electrons. The van der Waals surface area contributed by atoms with Crippen LogP contribution in [-0.2, 0) is 26.2 Å². The molecular weight excluding hydrogens is 605 g/mol. The number of carbonyl (C=O) groups excluding carboxylic acids is 2. The highest BCUT2D eigenvalue weighted by Gasteiger charge is 2.34. The Hall–Kier alpha value is -2.78. The number of nitrogens with zero attached hydrogens (tertiary/aromatic N) is 2. The molecule has 11 heteroatoms. The van der Waals surface area contributed by atoms with Gasteiger partial charge in [0.05, 0.1) is 10.6 Å². The molecule has 4 rings (SSSR count). The van der Waals surface area contributed by atoms with Gasteiger partial charge in [-0.05, 0) is 68.7 Å². The van der Waals surface area contributed by atoms with Crippen molar-refractivity contribution in [2.45, 2.75) is 63.1 Å². The van der Waals surface area contributed by atoms with E-state index in [1.165, 1.54) is 23.1 Å². The van der Waals surface area contributed by atoms with E-state index in [0.717, 1.165) is 35.6 Å². The lowest BCUT2D eigenvalue weighted by Gasteiger charge is -2.33. The molecule has 0 saturated heterocycles. The Bertz CT molecular complexity index is 1490. The summed E-state index contributed by atoms with van der Waals surface area (Å²) in [4.78, 5) is 28.8. The quantitative estimate of drug-likeness (QED) is 0.271. The molecule has 0 aromatic heterocycles. The molecule has 3 aromatic rings. The Morgan fingerprint density at radius 3 is 2.17 bits per heavy atom. The molecule has 41 heavy (non-hydrogen) atoms. The number of amides is 2. The molecule has 7 nitrogen and oxygen atoms in total. The van der Waals surface area contributed by atoms with Crippen LogP contribution in [0.1, 0.15) is 43.7 Å². The molecule has 1 N–H and O–H groups in total. The SMILES string of the molecule is Cc1ccc(N(CC(=O)N(Cc2c(Cl)cccc2Cl)[C@@H](C)C(=O)NC2CCCC2)S(=O)(=O)c2ccccc2)cc1Cl. The monoisotopic (exact) mass is 635 g/mol. The molecule has 3 aromatic carbocycles. The van der Waals surface area contributed by atoms with E-state index in [1.807, 2.05) is 0 Å². The van der Waals surface area contributed by atoms with Crippen molar-refractivity contribution in [3.8, 4) is 0 Å². The van der Waals surface area contributed by atoms with Gasteiger partial charge in [0.25, 0.3) is 10.0 Å². The zero-order valence-corrected chi connectivity index (χ0v) is 25.9. The Kier molecular flexibility index (Phi) is 10.2. The van der Waals surface area contributed by atoms with Crippen molar-refractivity contribution in [1.29, 1.82) is 0 Å². The first-order valence-electron chi connectivity index (χ1n) is 13.4. The fourth-order valence-electron chi connectivity index (χ4n) is 4.81. The van der Waals surface area contributed by atoms with E-state index < -0.39 is 28.5 Å². The number of sulfonamides is 1. The highest BCUT2D eigenvalue weighted by Crippen LogP contribution is 2.30.